The first-order valence-corrected chi connectivity index (χ1v) is 7.28. The molecular weight excluding hydrogens is 289 g/mol. The van der Waals surface area contributed by atoms with Crippen LogP contribution in [0.4, 0.5) is 4.39 Å². The Morgan fingerprint density at radius 3 is 2.62 bits per heavy atom. The van der Waals surface area contributed by atoms with Gasteiger partial charge in [-0.25, -0.2) is 4.39 Å². The predicted molar refractivity (Wildman–Crippen MR) is 84.0 cm³/mol. The Morgan fingerprint density at radius 1 is 1.24 bits per heavy atom. The largest absolute Gasteiger partial charge is 0.387 e. The molecule has 0 fully saturated rings. The molecule has 2 atom stereocenters. The second-order valence-corrected chi connectivity index (χ2v) is 5.58. The van der Waals surface area contributed by atoms with Gasteiger partial charge in [-0.2, -0.15) is 0 Å². The summed E-state index contributed by atoms with van der Waals surface area (Å²) in [7, 11) is 0. The Kier molecular flexibility index (Phi) is 5.34. The highest BCUT2D eigenvalue weighted by molar-refractivity contribution is 6.31. The predicted octanol–water partition coefficient (Wildman–Crippen LogP) is 4.17. The third-order valence-electron chi connectivity index (χ3n) is 3.58. The van der Waals surface area contributed by atoms with Crippen LogP contribution in [0.15, 0.2) is 42.5 Å². The van der Waals surface area contributed by atoms with Gasteiger partial charge in [-0.05, 0) is 37.1 Å². The number of aryl methyl sites for hydroxylation is 1. The normalized spacial score (nSPS) is 14.0. The smallest absolute Gasteiger partial charge is 0.126 e. The van der Waals surface area contributed by atoms with Gasteiger partial charge in [0.2, 0.25) is 0 Å². The first-order chi connectivity index (χ1) is 9.99. The second kappa shape index (κ2) is 7.03. The topological polar surface area (TPSA) is 32.3 Å². The van der Waals surface area contributed by atoms with Crippen molar-refractivity contribution in [2.75, 3.05) is 6.54 Å². The van der Waals surface area contributed by atoms with Gasteiger partial charge in [-0.1, -0.05) is 41.9 Å². The highest BCUT2D eigenvalue weighted by Gasteiger charge is 2.13. The molecule has 0 heterocycles. The molecule has 2 aromatic carbocycles. The Hall–Kier alpha value is -1.42. The summed E-state index contributed by atoms with van der Waals surface area (Å²) in [4.78, 5) is 0. The summed E-state index contributed by atoms with van der Waals surface area (Å²) in [6.45, 7) is 4.02. The van der Waals surface area contributed by atoms with Gasteiger partial charge in [0.05, 0.1) is 6.10 Å². The van der Waals surface area contributed by atoms with E-state index in [1.54, 1.807) is 25.1 Å². The maximum absolute atomic E-state index is 13.6. The standard InChI is InChI=1S/C17H19ClFNO/c1-11-7-8-13(9-16(11)19)12(2)20-10-17(21)14-5-3-4-6-15(14)18/h3-9,12,17,20-21H,10H2,1-2H3. The highest BCUT2D eigenvalue weighted by Crippen LogP contribution is 2.23. The van der Waals surface area contributed by atoms with Crippen LogP contribution in [0.25, 0.3) is 0 Å². The molecule has 112 valence electrons. The number of aliphatic hydroxyl groups excluding tert-OH is 1. The first kappa shape index (κ1) is 16.0. The third-order valence-corrected chi connectivity index (χ3v) is 3.92. The average Bonchev–Trinajstić information content (AvgIpc) is 2.47. The first-order valence-electron chi connectivity index (χ1n) is 6.91. The van der Waals surface area contributed by atoms with Crippen molar-refractivity contribution in [2.45, 2.75) is 26.0 Å². The van der Waals surface area contributed by atoms with Crippen LogP contribution in [0.3, 0.4) is 0 Å². The highest BCUT2D eigenvalue weighted by atomic mass is 35.5. The molecule has 21 heavy (non-hydrogen) atoms. The molecule has 0 saturated heterocycles. The van der Waals surface area contributed by atoms with E-state index in [0.29, 0.717) is 22.7 Å². The summed E-state index contributed by atoms with van der Waals surface area (Å²) in [5, 5.41) is 13.9. The zero-order valence-corrected chi connectivity index (χ0v) is 12.9. The summed E-state index contributed by atoms with van der Waals surface area (Å²) in [6, 6.07) is 12.3. The molecule has 0 aliphatic carbocycles. The number of rotatable bonds is 5. The maximum Gasteiger partial charge on any atom is 0.126 e. The molecule has 0 radical (unpaired) electrons. The van der Waals surface area contributed by atoms with E-state index >= 15 is 0 Å². The van der Waals surface area contributed by atoms with Crippen LogP contribution < -0.4 is 5.32 Å². The van der Waals surface area contributed by atoms with Gasteiger partial charge >= 0.3 is 0 Å². The van der Waals surface area contributed by atoms with E-state index in [-0.39, 0.29) is 11.9 Å². The zero-order chi connectivity index (χ0) is 15.4. The SMILES string of the molecule is Cc1ccc(C(C)NCC(O)c2ccccc2Cl)cc1F. The monoisotopic (exact) mass is 307 g/mol. The molecule has 0 aliphatic rings. The van der Waals surface area contributed by atoms with Gasteiger partial charge in [-0.3, -0.25) is 0 Å². The fraction of sp³-hybridized carbons (Fsp3) is 0.294. The molecule has 4 heteroatoms. The molecule has 0 aliphatic heterocycles. The Bertz CT molecular complexity index is 617. The van der Waals surface area contributed by atoms with Crippen molar-refractivity contribution in [1.29, 1.82) is 0 Å². The van der Waals surface area contributed by atoms with E-state index in [2.05, 4.69) is 5.32 Å². The summed E-state index contributed by atoms with van der Waals surface area (Å²) in [6.07, 6.45) is -0.698. The number of aliphatic hydroxyl groups is 1. The minimum absolute atomic E-state index is 0.0581. The summed E-state index contributed by atoms with van der Waals surface area (Å²) >= 11 is 6.05. The molecule has 2 aromatic rings. The molecule has 2 rings (SSSR count). The number of nitrogens with one attached hydrogen (secondary N) is 1. The lowest BCUT2D eigenvalue weighted by molar-refractivity contribution is 0.171. The van der Waals surface area contributed by atoms with Crippen molar-refractivity contribution >= 4 is 11.6 Å². The quantitative estimate of drug-likeness (QED) is 0.869. The van der Waals surface area contributed by atoms with Crippen LogP contribution in [0.1, 0.15) is 35.8 Å². The average molecular weight is 308 g/mol. The summed E-state index contributed by atoms with van der Waals surface area (Å²) in [5.41, 5.74) is 2.17. The van der Waals surface area contributed by atoms with Crippen LogP contribution in [0.5, 0.6) is 0 Å². The Balaban J connectivity index is 1.99. The van der Waals surface area contributed by atoms with Gasteiger partial charge in [0, 0.05) is 23.2 Å². The summed E-state index contributed by atoms with van der Waals surface area (Å²) < 4.78 is 13.6. The fourth-order valence-electron chi connectivity index (χ4n) is 2.14. The lowest BCUT2D eigenvalue weighted by atomic mass is 10.0. The molecule has 2 N–H and O–H groups in total. The molecule has 0 saturated carbocycles. The van der Waals surface area contributed by atoms with Crippen molar-refractivity contribution in [2.24, 2.45) is 0 Å². The van der Waals surface area contributed by atoms with Crippen LogP contribution in [-0.4, -0.2) is 11.7 Å². The van der Waals surface area contributed by atoms with Crippen LogP contribution in [0, 0.1) is 12.7 Å². The van der Waals surface area contributed by atoms with Crippen LogP contribution in [0.2, 0.25) is 5.02 Å². The molecule has 0 amide bonds. The Labute approximate surface area is 129 Å². The molecule has 0 spiro atoms. The molecule has 2 nitrogen and oxygen atoms in total. The third kappa shape index (κ3) is 4.03. The second-order valence-electron chi connectivity index (χ2n) is 5.18. The summed E-state index contributed by atoms with van der Waals surface area (Å²) in [5.74, 6) is -0.215. The van der Waals surface area contributed by atoms with Gasteiger partial charge in [0.15, 0.2) is 0 Å². The lowest BCUT2D eigenvalue weighted by Gasteiger charge is -2.19. The van der Waals surface area contributed by atoms with Crippen LogP contribution in [-0.2, 0) is 0 Å². The van der Waals surface area contributed by atoms with Gasteiger partial charge in [0.25, 0.3) is 0 Å². The maximum atomic E-state index is 13.6. The van der Waals surface area contributed by atoms with Gasteiger partial charge in [0.1, 0.15) is 5.82 Å². The van der Waals surface area contributed by atoms with Crippen molar-refractivity contribution < 1.29 is 9.50 Å². The van der Waals surface area contributed by atoms with E-state index in [9.17, 15) is 9.50 Å². The zero-order valence-electron chi connectivity index (χ0n) is 12.1. The number of benzene rings is 2. The van der Waals surface area contributed by atoms with E-state index in [0.717, 1.165) is 5.56 Å². The molecule has 0 bridgehead atoms. The van der Waals surface area contributed by atoms with Crippen molar-refractivity contribution in [1.82, 2.24) is 5.32 Å². The van der Waals surface area contributed by atoms with E-state index < -0.39 is 6.10 Å². The van der Waals surface area contributed by atoms with Crippen molar-refractivity contribution in [3.63, 3.8) is 0 Å². The minimum atomic E-state index is -0.698. The fourth-order valence-corrected chi connectivity index (χ4v) is 2.40. The van der Waals surface area contributed by atoms with Gasteiger partial charge in [-0.15, -0.1) is 0 Å². The van der Waals surface area contributed by atoms with Crippen molar-refractivity contribution in [3.8, 4) is 0 Å². The van der Waals surface area contributed by atoms with E-state index in [1.165, 1.54) is 6.07 Å². The van der Waals surface area contributed by atoms with Crippen LogP contribution >= 0.6 is 11.6 Å². The lowest BCUT2D eigenvalue weighted by Crippen LogP contribution is -2.25. The molecule has 0 aromatic heterocycles. The number of hydrogen-bond donors (Lipinski definition) is 2. The minimum Gasteiger partial charge on any atom is -0.387 e. The Morgan fingerprint density at radius 2 is 1.95 bits per heavy atom. The molecule has 2 unspecified atom stereocenters. The van der Waals surface area contributed by atoms with Gasteiger partial charge < -0.3 is 10.4 Å². The van der Waals surface area contributed by atoms with Crippen molar-refractivity contribution in [3.05, 3.63) is 70.0 Å². The van der Waals surface area contributed by atoms with E-state index in [1.807, 2.05) is 25.1 Å². The number of hydrogen-bond acceptors (Lipinski definition) is 2. The molecular formula is C17H19ClFNO. The van der Waals surface area contributed by atoms with E-state index in [4.69, 9.17) is 11.6 Å². The number of halogens is 2.